The number of hydrogen-bond donors (Lipinski definition) is 1. The van der Waals surface area contributed by atoms with Crippen molar-refractivity contribution in [1.82, 2.24) is 5.32 Å². The lowest BCUT2D eigenvalue weighted by Gasteiger charge is -2.22. The van der Waals surface area contributed by atoms with Crippen molar-refractivity contribution >= 4 is 18.0 Å². The van der Waals surface area contributed by atoms with Gasteiger partial charge in [-0.2, -0.15) is 0 Å². The molecule has 29 heavy (non-hydrogen) atoms. The molecule has 6 nitrogen and oxygen atoms in total. The van der Waals surface area contributed by atoms with Crippen LogP contribution >= 0.6 is 0 Å². The van der Waals surface area contributed by atoms with E-state index in [1.807, 2.05) is 13.8 Å². The molecule has 1 aliphatic carbocycles. The molecule has 2 heterocycles. The highest BCUT2D eigenvalue weighted by atomic mass is 16.6. The van der Waals surface area contributed by atoms with E-state index in [9.17, 15) is 9.59 Å². The molecule has 1 aromatic rings. The molecule has 156 valence electrons. The summed E-state index contributed by atoms with van der Waals surface area (Å²) in [6, 6.07) is -0.203. The van der Waals surface area contributed by atoms with Gasteiger partial charge in [0.2, 0.25) is 5.91 Å². The van der Waals surface area contributed by atoms with E-state index in [1.165, 1.54) is 5.56 Å². The van der Waals surface area contributed by atoms with Crippen molar-refractivity contribution in [3.05, 3.63) is 33.4 Å². The van der Waals surface area contributed by atoms with Crippen LogP contribution in [0.15, 0.2) is 4.99 Å². The summed E-state index contributed by atoms with van der Waals surface area (Å²) in [5.74, 6) is -0.0387. The highest BCUT2D eigenvalue weighted by molar-refractivity contribution is 5.98. The molecule has 1 aromatic carbocycles. The van der Waals surface area contributed by atoms with Crippen LogP contribution in [-0.4, -0.2) is 49.5 Å². The molecule has 4 atom stereocenters. The average molecular weight is 399 g/mol. The van der Waals surface area contributed by atoms with Crippen molar-refractivity contribution in [3.63, 3.8) is 0 Å². The van der Waals surface area contributed by atoms with Crippen molar-refractivity contribution in [3.8, 4) is 0 Å². The van der Waals surface area contributed by atoms with E-state index in [1.54, 1.807) is 6.21 Å². The van der Waals surface area contributed by atoms with Crippen LogP contribution in [0.3, 0.4) is 0 Å². The van der Waals surface area contributed by atoms with Gasteiger partial charge in [-0.1, -0.05) is 0 Å². The Morgan fingerprint density at radius 2 is 1.48 bits per heavy atom. The maximum Gasteiger partial charge on any atom is 0.252 e. The van der Waals surface area contributed by atoms with Crippen LogP contribution in [0.5, 0.6) is 0 Å². The van der Waals surface area contributed by atoms with Crippen LogP contribution in [0.1, 0.15) is 51.0 Å². The summed E-state index contributed by atoms with van der Waals surface area (Å²) in [6.07, 6.45) is 3.21. The molecule has 4 rings (SSSR count). The Morgan fingerprint density at radius 3 is 2.10 bits per heavy atom. The maximum atomic E-state index is 13.1. The van der Waals surface area contributed by atoms with Crippen LogP contribution < -0.4 is 5.32 Å². The van der Waals surface area contributed by atoms with E-state index >= 15 is 0 Å². The summed E-state index contributed by atoms with van der Waals surface area (Å²) in [7, 11) is 0. The summed E-state index contributed by atoms with van der Waals surface area (Å²) in [6.45, 7) is 11.1. The lowest BCUT2D eigenvalue weighted by molar-refractivity contribution is -0.118. The molecule has 0 aromatic heterocycles. The molecule has 6 heteroatoms. The van der Waals surface area contributed by atoms with Gasteiger partial charge in [0.15, 0.2) is 0 Å². The van der Waals surface area contributed by atoms with Gasteiger partial charge >= 0.3 is 0 Å². The molecule has 3 aliphatic rings. The average Bonchev–Trinajstić information content (AvgIpc) is 3.36. The van der Waals surface area contributed by atoms with Crippen molar-refractivity contribution in [2.24, 2.45) is 16.8 Å². The number of benzene rings is 1. The third-order valence-electron chi connectivity index (χ3n) is 6.96. The normalized spacial score (nSPS) is 28.7. The minimum atomic E-state index is -0.209. The molecule has 0 bridgehead atoms. The Kier molecular flexibility index (Phi) is 5.34. The van der Waals surface area contributed by atoms with Crippen LogP contribution in [0.25, 0.3) is 0 Å². The molecule has 1 N–H and O–H groups in total. The van der Waals surface area contributed by atoms with Gasteiger partial charge in [0.05, 0.1) is 25.4 Å². The fourth-order valence-electron chi connectivity index (χ4n) is 4.47. The number of hydrogen-bond acceptors (Lipinski definition) is 4. The number of aliphatic imine (C=N–C) groups is 1. The number of carbonyl (C=O) groups excluding carboxylic acids is 2. The second-order valence-electron chi connectivity index (χ2n) is 8.73. The van der Waals surface area contributed by atoms with Gasteiger partial charge in [0.25, 0.3) is 5.91 Å². The molecule has 0 spiro atoms. The van der Waals surface area contributed by atoms with Crippen molar-refractivity contribution < 1.29 is 19.1 Å². The number of ether oxygens (including phenoxy) is 2. The Labute approximate surface area is 172 Å². The first-order valence-corrected chi connectivity index (χ1v) is 10.5. The Balaban J connectivity index is 1.45. The summed E-state index contributed by atoms with van der Waals surface area (Å²) in [5.41, 5.74) is 6.35. The molecule has 0 radical (unpaired) electrons. The number of nitrogens with zero attached hydrogens (tertiary/aromatic N) is 1. The summed E-state index contributed by atoms with van der Waals surface area (Å²) in [5, 5.41) is 3.14. The summed E-state index contributed by atoms with van der Waals surface area (Å²) >= 11 is 0. The standard InChI is InChI=1S/C23H30N2O4/c1-11-12(2)14(4)19(15(5)13(11)3)23(27)25-18-10-29-20-17(9-28-21(18)20)8-24-22(26)16-6-7-16/h8,16-18,20-21H,6-7,9-10H2,1-5H3,(H,25,27)/t17?,18-,20+,21+/m0/s1. The summed E-state index contributed by atoms with van der Waals surface area (Å²) < 4.78 is 11.9. The van der Waals surface area contributed by atoms with Crippen LogP contribution in [0, 0.1) is 46.5 Å². The third kappa shape index (κ3) is 3.64. The van der Waals surface area contributed by atoms with Crippen LogP contribution in [-0.2, 0) is 14.3 Å². The summed E-state index contributed by atoms with van der Waals surface area (Å²) in [4.78, 5) is 29.1. The second kappa shape index (κ2) is 7.65. The van der Waals surface area contributed by atoms with E-state index in [4.69, 9.17) is 9.47 Å². The van der Waals surface area contributed by atoms with Gasteiger partial charge in [-0.05, 0) is 75.3 Å². The van der Waals surface area contributed by atoms with Gasteiger partial charge in [0.1, 0.15) is 6.10 Å². The predicted molar refractivity (Wildman–Crippen MR) is 111 cm³/mol. The molecule has 3 fully saturated rings. The van der Waals surface area contributed by atoms with Gasteiger partial charge < -0.3 is 14.8 Å². The van der Waals surface area contributed by atoms with Gasteiger partial charge in [-0.3, -0.25) is 9.59 Å². The lowest BCUT2D eigenvalue weighted by atomic mass is 9.89. The zero-order valence-electron chi connectivity index (χ0n) is 17.9. The van der Waals surface area contributed by atoms with E-state index in [-0.39, 0.29) is 41.9 Å². The number of carbonyl (C=O) groups is 2. The van der Waals surface area contributed by atoms with Crippen molar-refractivity contribution in [2.75, 3.05) is 13.2 Å². The SMILES string of the molecule is Cc1c(C)c(C)c(C(=O)N[C@H]2CO[C@@H]3C(C=NC(=O)C4CC4)CO[C@H]23)c(C)c1C. The molecule has 2 aliphatic heterocycles. The Hall–Kier alpha value is -2.05. The largest absolute Gasteiger partial charge is 0.372 e. The fraction of sp³-hybridized carbons (Fsp3) is 0.609. The quantitative estimate of drug-likeness (QED) is 0.791. The monoisotopic (exact) mass is 398 g/mol. The number of fused-ring (bicyclic) bond motifs is 1. The van der Waals surface area contributed by atoms with Crippen LogP contribution in [0.2, 0.25) is 0 Å². The molecular weight excluding hydrogens is 368 g/mol. The number of amides is 2. The van der Waals surface area contributed by atoms with E-state index in [2.05, 4.69) is 31.1 Å². The van der Waals surface area contributed by atoms with E-state index in [0.29, 0.717) is 13.2 Å². The molecule has 1 unspecified atom stereocenters. The van der Waals surface area contributed by atoms with Gasteiger partial charge in [-0.25, -0.2) is 4.99 Å². The Morgan fingerprint density at radius 1 is 0.897 bits per heavy atom. The highest BCUT2D eigenvalue weighted by Crippen LogP contribution is 2.33. The Bertz CT molecular complexity index is 858. The first kappa shape index (κ1) is 20.2. The maximum absolute atomic E-state index is 13.1. The van der Waals surface area contributed by atoms with Gasteiger partial charge in [0, 0.05) is 23.6 Å². The highest BCUT2D eigenvalue weighted by Gasteiger charge is 2.48. The fourth-order valence-corrected chi connectivity index (χ4v) is 4.47. The molecule has 1 saturated carbocycles. The van der Waals surface area contributed by atoms with E-state index < -0.39 is 0 Å². The van der Waals surface area contributed by atoms with Crippen LogP contribution in [0.4, 0.5) is 0 Å². The zero-order valence-corrected chi connectivity index (χ0v) is 17.9. The first-order valence-electron chi connectivity index (χ1n) is 10.5. The number of rotatable bonds is 4. The molecular formula is C23H30N2O4. The van der Waals surface area contributed by atoms with Crippen molar-refractivity contribution in [2.45, 2.75) is 65.7 Å². The topological polar surface area (TPSA) is 77.0 Å². The first-order chi connectivity index (χ1) is 13.8. The van der Waals surface area contributed by atoms with Crippen molar-refractivity contribution in [1.29, 1.82) is 0 Å². The molecule has 2 saturated heterocycles. The van der Waals surface area contributed by atoms with E-state index in [0.717, 1.165) is 40.7 Å². The molecule has 2 amide bonds. The van der Waals surface area contributed by atoms with Gasteiger partial charge in [-0.15, -0.1) is 0 Å². The lowest BCUT2D eigenvalue weighted by Crippen LogP contribution is -2.44. The smallest absolute Gasteiger partial charge is 0.252 e. The zero-order chi connectivity index (χ0) is 20.9. The second-order valence-corrected chi connectivity index (χ2v) is 8.73. The minimum Gasteiger partial charge on any atom is -0.372 e. The predicted octanol–water partition coefficient (Wildman–Crippen LogP) is 2.75. The number of nitrogens with one attached hydrogen (secondary N) is 1. The minimum absolute atomic E-state index is 0.0349. The third-order valence-corrected chi connectivity index (χ3v) is 6.96.